The molecule has 4 unspecified atom stereocenters. The Balaban J connectivity index is 1.83. The Hall–Kier alpha value is -0.690. The van der Waals surface area contributed by atoms with Crippen LogP contribution in [0.1, 0.15) is 25.7 Å². The van der Waals surface area contributed by atoms with Crippen molar-refractivity contribution in [1.82, 2.24) is 10.6 Å². The Morgan fingerprint density at radius 2 is 2.18 bits per heavy atom. The molecule has 0 bridgehead atoms. The van der Waals surface area contributed by atoms with Crippen LogP contribution in [0.15, 0.2) is 0 Å². The second kappa shape index (κ2) is 5.77. The van der Waals surface area contributed by atoms with Gasteiger partial charge in [-0.05, 0) is 32.2 Å². The van der Waals surface area contributed by atoms with E-state index in [1.807, 2.05) is 0 Å². The van der Waals surface area contributed by atoms with E-state index in [9.17, 15) is 4.79 Å². The number of rotatable bonds is 3. The highest BCUT2D eigenvalue weighted by Gasteiger charge is 2.30. The molecule has 0 amide bonds. The van der Waals surface area contributed by atoms with Crippen LogP contribution >= 0.6 is 0 Å². The van der Waals surface area contributed by atoms with Gasteiger partial charge in [-0.3, -0.25) is 10.1 Å². The third-order valence-corrected chi connectivity index (χ3v) is 3.46. The first-order chi connectivity index (χ1) is 8.16. The zero-order valence-electron chi connectivity index (χ0n) is 9.89. The van der Waals surface area contributed by atoms with Gasteiger partial charge in [0.2, 0.25) is 0 Å². The Bertz CT molecular complexity index is 275. The average molecular weight is 243 g/mol. The van der Waals surface area contributed by atoms with Crippen LogP contribution in [0.4, 0.5) is 0 Å². The van der Waals surface area contributed by atoms with Crippen molar-refractivity contribution in [2.75, 3.05) is 13.1 Å². The van der Waals surface area contributed by atoms with Gasteiger partial charge in [-0.2, -0.15) is 0 Å². The highest BCUT2D eigenvalue weighted by Crippen LogP contribution is 2.17. The van der Waals surface area contributed by atoms with Crippen LogP contribution in [0, 0.1) is 0 Å². The number of hydrogen-bond acceptors (Lipinski definition) is 5. The summed E-state index contributed by atoms with van der Waals surface area (Å²) in [6.45, 7) is 1.67. The van der Waals surface area contributed by atoms with Gasteiger partial charge < -0.3 is 20.9 Å². The van der Waals surface area contributed by atoms with Gasteiger partial charge in [0.1, 0.15) is 12.3 Å². The second-order valence-corrected chi connectivity index (χ2v) is 4.81. The summed E-state index contributed by atoms with van der Waals surface area (Å²) >= 11 is 0. The van der Waals surface area contributed by atoms with Crippen molar-refractivity contribution >= 4 is 5.97 Å². The van der Waals surface area contributed by atoms with Crippen LogP contribution in [0.3, 0.4) is 0 Å². The molecule has 0 aromatic heterocycles. The summed E-state index contributed by atoms with van der Waals surface area (Å²) in [6.07, 6.45) is 3.11. The zero-order chi connectivity index (χ0) is 12.3. The molecule has 4 atom stereocenters. The van der Waals surface area contributed by atoms with Crippen LogP contribution in [0.2, 0.25) is 0 Å². The molecule has 0 aromatic carbocycles. The summed E-state index contributed by atoms with van der Waals surface area (Å²) < 4.78 is 5.86. The molecule has 17 heavy (non-hydrogen) atoms. The standard InChI is InChI=1S/C11H21N3O3/c12-7-4-5-13-6-9(7)17-10-3-1-2-8(14-10)11(15)16/h7-10,13-14H,1-6,12H2,(H,15,16). The quantitative estimate of drug-likeness (QED) is 0.520. The van der Waals surface area contributed by atoms with Crippen LogP contribution in [0.25, 0.3) is 0 Å². The first-order valence-electron chi connectivity index (χ1n) is 6.27. The van der Waals surface area contributed by atoms with Gasteiger partial charge in [0, 0.05) is 12.6 Å². The van der Waals surface area contributed by atoms with Crippen LogP contribution in [-0.4, -0.2) is 48.6 Å². The zero-order valence-corrected chi connectivity index (χ0v) is 9.89. The van der Waals surface area contributed by atoms with Crippen LogP contribution in [0.5, 0.6) is 0 Å². The molecule has 0 aliphatic carbocycles. The average Bonchev–Trinajstić information content (AvgIpc) is 2.32. The highest BCUT2D eigenvalue weighted by molar-refractivity contribution is 5.73. The molecule has 0 radical (unpaired) electrons. The normalized spacial score (nSPS) is 38.9. The molecule has 6 nitrogen and oxygen atoms in total. The minimum atomic E-state index is -0.802. The van der Waals surface area contributed by atoms with E-state index in [4.69, 9.17) is 15.6 Å². The lowest BCUT2D eigenvalue weighted by Gasteiger charge is -2.36. The fourth-order valence-electron chi connectivity index (χ4n) is 2.41. The maximum Gasteiger partial charge on any atom is 0.320 e. The van der Waals surface area contributed by atoms with Crippen molar-refractivity contribution in [2.24, 2.45) is 5.73 Å². The van der Waals surface area contributed by atoms with E-state index in [1.54, 1.807) is 0 Å². The fourth-order valence-corrected chi connectivity index (χ4v) is 2.41. The summed E-state index contributed by atoms with van der Waals surface area (Å²) in [5, 5.41) is 15.2. The van der Waals surface area contributed by atoms with Gasteiger partial charge in [-0.25, -0.2) is 0 Å². The summed E-state index contributed by atoms with van der Waals surface area (Å²) in [5.41, 5.74) is 5.98. The first-order valence-corrected chi connectivity index (χ1v) is 6.27. The number of nitrogens with one attached hydrogen (secondary N) is 2. The predicted molar refractivity (Wildman–Crippen MR) is 62.5 cm³/mol. The number of carbonyl (C=O) groups is 1. The molecule has 0 aromatic rings. The lowest BCUT2D eigenvalue weighted by atomic mass is 10.0. The summed E-state index contributed by atoms with van der Waals surface area (Å²) in [5.74, 6) is -0.802. The fraction of sp³-hybridized carbons (Fsp3) is 0.909. The molecule has 98 valence electrons. The van der Waals surface area contributed by atoms with E-state index in [-0.39, 0.29) is 18.4 Å². The van der Waals surface area contributed by atoms with Crippen molar-refractivity contribution < 1.29 is 14.6 Å². The maximum atomic E-state index is 10.9. The van der Waals surface area contributed by atoms with Gasteiger partial charge in [0.15, 0.2) is 0 Å². The van der Waals surface area contributed by atoms with Crippen molar-refractivity contribution in [3.8, 4) is 0 Å². The minimum absolute atomic E-state index is 0.0196. The van der Waals surface area contributed by atoms with Crippen molar-refractivity contribution in [3.63, 3.8) is 0 Å². The number of ether oxygens (including phenoxy) is 1. The minimum Gasteiger partial charge on any atom is -0.480 e. The Morgan fingerprint density at radius 3 is 2.88 bits per heavy atom. The summed E-state index contributed by atoms with van der Waals surface area (Å²) in [4.78, 5) is 10.9. The van der Waals surface area contributed by atoms with Crippen molar-refractivity contribution in [1.29, 1.82) is 0 Å². The number of hydrogen-bond donors (Lipinski definition) is 4. The van der Waals surface area contributed by atoms with E-state index in [2.05, 4.69) is 10.6 Å². The molecule has 2 fully saturated rings. The molecule has 2 heterocycles. The van der Waals surface area contributed by atoms with E-state index in [1.165, 1.54) is 0 Å². The van der Waals surface area contributed by atoms with Gasteiger partial charge in [0.25, 0.3) is 0 Å². The van der Waals surface area contributed by atoms with Gasteiger partial charge >= 0.3 is 5.97 Å². The lowest BCUT2D eigenvalue weighted by Crippen LogP contribution is -2.55. The summed E-state index contributed by atoms with van der Waals surface area (Å²) in [7, 11) is 0. The number of aliphatic carboxylic acids is 1. The summed E-state index contributed by atoms with van der Waals surface area (Å²) in [6, 6.07) is -0.440. The molecule has 2 aliphatic heterocycles. The Labute approximate surface area is 101 Å². The van der Waals surface area contributed by atoms with Crippen molar-refractivity contribution in [2.45, 2.75) is 50.1 Å². The Morgan fingerprint density at radius 1 is 1.35 bits per heavy atom. The van der Waals surface area contributed by atoms with Gasteiger partial charge in [-0.1, -0.05) is 0 Å². The number of carboxylic acids is 1. The van der Waals surface area contributed by atoms with E-state index < -0.39 is 12.0 Å². The van der Waals surface area contributed by atoms with Crippen LogP contribution in [-0.2, 0) is 9.53 Å². The molecular formula is C11H21N3O3. The lowest BCUT2D eigenvalue weighted by molar-refractivity contribution is -0.144. The molecule has 5 N–H and O–H groups in total. The molecule has 0 saturated carbocycles. The molecule has 2 aliphatic rings. The topological polar surface area (TPSA) is 96.6 Å². The third-order valence-electron chi connectivity index (χ3n) is 3.46. The molecule has 2 rings (SSSR count). The molecule has 6 heteroatoms. The van der Waals surface area contributed by atoms with Gasteiger partial charge in [0.05, 0.1) is 6.10 Å². The highest BCUT2D eigenvalue weighted by atomic mass is 16.5. The Kier molecular flexibility index (Phi) is 4.33. The second-order valence-electron chi connectivity index (χ2n) is 4.81. The van der Waals surface area contributed by atoms with E-state index in [0.29, 0.717) is 6.42 Å². The first kappa shape index (κ1) is 12.8. The third kappa shape index (κ3) is 3.38. The van der Waals surface area contributed by atoms with Crippen LogP contribution < -0.4 is 16.4 Å². The smallest absolute Gasteiger partial charge is 0.320 e. The van der Waals surface area contributed by atoms with Gasteiger partial charge in [-0.15, -0.1) is 0 Å². The largest absolute Gasteiger partial charge is 0.480 e. The maximum absolute atomic E-state index is 10.9. The SMILES string of the molecule is NC1CCNCC1OC1CCCC(C(=O)O)N1. The molecule has 2 saturated heterocycles. The number of carboxylic acid groups (broad SMARTS) is 1. The van der Waals surface area contributed by atoms with E-state index >= 15 is 0 Å². The monoisotopic (exact) mass is 243 g/mol. The number of piperidine rings is 2. The van der Waals surface area contributed by atoms with E-state index in [0.717, 1.165) is 32.4 Å². The predicted octanol–water partition coefficient (Wildman–Crippen LogP) is -0.755. The molecular weight excluding hydrogens is 222 g/mol. The molecule has 0 spiro atoms. The number of nitrogens with two attached hydrogens (primary N) is 1. The van der Waals surface area contributed by atoms with Crippen molar-refractivity contribution in [3.05, 3.63) is 0 Å².